The Morgan fingerprint density at radius 1 is 1.26 bits per heavy atom. The van der Waals surface area contributed by atoms with E-state index in [1.165, 1.54) is 22.9 Å². The number of benzene rings is 1. The van der Waals surface area contributed by atoms with E-state index >= 15 is 0 Å². The van der Waals surface area contributed by atoms with E-state index in [1.807, 2.05) is 6.07 Å². The normalized spacial score (nSPS) is 13.9. The molecule has 0 spiro atoms. The predicted octanol–water partition coefficient (Wildman–Crippen LogP) is 3.78. The second kappa shape index (κ2) is 6.48. The van der Waals surface area contributed by atoms with Gasteiger partial charge in [-0.25, -0.2) is 0 Å². The molecule has 1 aromatic carbocycles. The van der Waals surface area contributed by atoms with Gasteiger partial charge in [-0.2, -0.15) is 13.2 Å². The topological polar surface area (TPSA) is 54.9 Å². The van der Waals surface area contributed by atoms with Gasteiger partial charge in [0.25, 0.3) is 0 Å². The molecular weight excluding hydrogens is 347 g/mol. The molecule has 0 aliphatic heterocycles. The number of aromatic nitrogens is 2. The van der Waals surface area contributed by atoms with Gasteiger partial charge in [0.1, 0.15) is 0 Å². The van der Waals surface area contributed by atoms with E-state index in [1.54, 1.807) is 0 Å². The number of aryl methyl sites for hydroxylation is 2. The van der Waals surface area contributed by atoms with E-state index in [9.17, 15) is 18.0 Å². The number of halogens is 3. The van der Waals surface area contributed by atoms with E-state index in [-0.39, 0.29) is 10.9 Å². The minimum absolute atomic E-state index is 0.111. The van der Waals surface area contributed by atoms with Crippen LogP contribution in [0.3, 0.4) is 0 Å². The van der Waals surface area contributed by atoms with Crippen LogP contribution in [0.4, 0.5) is 18.3 Å². The summed E-state index contributed by atoms with van der Waals surface area (Å²) in [6.45, 7) is 0. The highest BCUT2D eigenvalue weighted by Gasteiger charge is 2.35. The highest BCUT2D eigenvalue weighted by atomic mass is 32.2. The van der Waals surface area contributed by atoms with Gasteiger partial charge in [0.2, 0.25) is 16.0 Å². The van der Waals surface area contributed by atoms with Crippen LogP contribution in [0.15, 0.2) is 23.1 Å². The second-order valence-corrected chi connectivity index (χ2v) is 7.06. The van der Waals surface area contributed by atoms with E-state index in [2.05, 4.69) is 27.6 Å². The number of fused-ring (bicyclic) bond motifs is 1. The van der Waals surface area contributed by atoms with Crippen LogP contribution in [0.2, 0.25) is 0 Å². The standard InChI is InChI=1S/C14H12F3N3OS2/c15-14(16,17)12-19-20-13(23-12)18-11(21)7-22-10-5-4-8-2-1-3-9(8)6-10/h4-6H,1-3,7H2,(H,18,20,21). The van der Waals surface area contributed by atoms with Crippen LogP contribution in [-0.4, -0.2) is 21.9 Å². The summed E-state index contributed by atoms with van der Waals surface area (Å²) >= 11 is 1.67. The molecule has 3 rings (SSSR count). The molecule has 0 saturated carbocycles. The van der Waals surface area contributed by atoms with Crippen LogP contribution < -0.4 is 5.32 Å². The first kappa shape index (κ1) is 16.3. The zero-order valence-corrected chi connectivity index (χ0v) is 13.4. The third-order valence-electron chi connectivity index (χ3n) is 3.35. The molecule has 0 fully saturated rings. The van der Waals surface area contributed by atoms with Gasteiger partial charge in [-0.1, -0.05) is 17.4 Å². The first-order valence-corrected chi connectivity index (χ1v) is 8.67. The Morgan fingerprint density at radius 2 is 2.04 bits per heavy atom. The molecule has 2 aromatic rings. The Bertz CT molecular complexity index is 730. The minimum Gasteiger partial charge on any atom is -0.300 e. The molecule has 0 unspecified atom stereocenters. The minimum atomic E-state index is -4.54. The summed E-state index contributed by atoms with van der Waals surface area (Å²) < 4.78 is 37.2. The average molecular weight is 359 g/mol. The van der Waals surface area contributed by atoms with E-state index in [0.717, 1.165) is 24.2 Å². The van der Waals surface area contributed by atoms with Crippen molar-refractivity contribution in [3.05, 3.63) is 34.3 Å². The summed E-state index contributed by atoms with van der Waals surface area (Å²) in [4.78, 5) is 12.8. The van der Waals surface area contributed by atoms with Crippen LogP contribution in [0.1, 0.15) is 22.6 Å². The van der Waals surface area contributed by atoms with Gasteiger partial charge in [0, 0.05) is 4.90 Å². The molecule has 1 N–H and O–H groups in total. The van der Waals surface area contributed by atoms with Crippen LogP contribution in [0, 0.1) is 0 Å². The monoisotopic (exact) mass is 359 g/mol. The van der Waals surface area contributed by atoms with Gasteiger partial charge in [-0.15, -0.1) is 22.0 Å². The number of hydrogen-bond donors (Lipinski definition) is 1. The van der Waals surface area contributed by atoms with Crippen molar-refractivity contribution in [3.8, 4) is 0 Å². The fourth-order valence-electron chi connectivity index (χ4n) is 2.33. The van der Waals surface area contributed by atoms with E-state index in [0.29, 0.717) is 11.3 Å². The Balaban J connectivity index is 1.54. The van der Waals surface area contributed by atoms with Crippen molar-refractivity contribution in [1.29, 1.82) is 0 Å². The molecule has 0 radical (unpaired) electrons. The highest BCUT2D eigenvalue weighted by molar-refractivity contribution is 8.00. The molecule has 0 saturated heterocycles. The quantitative estimate of drug-likeness (QED) is 0.844. The second-order valence-electron chi connectivity index (χ2n) is 5.03. The first-order chi connectivity index (χ1) is 10.9. The zero-order chi connectivity index (χ0) is 16.4. The number of nitrogens with one attached hydrogen (secondary N) is 1. The number of hydrogen-bond acceptors (Lipinski definition) is 5. The molecule has 1 aliphatic rings. The first-order valence-electron chi connectivity index (χ1n) is 6.87. The number of carbonyl (C=O) groups excluding carboxylic acids is 1. The summed E-state index contributed by atoms with van der Waals surface area (Å²) in [5.41, 5.74) is 2.67. The van der Waals surface area contributed by atoms with Crippen LogP contribution in [0.25, 0.3) is 0 Å². The van der Waals surface area contributed by atoms with Crippen molar-refractivity contribution in [2.24, 2.45) is 0 Å². The Labute approximate surface area is 138 Å². The third kappa shape index (κ3) is 4.03. The van der Waals surface area contributed by atoms with Crippen molar-refractivity contribution >= 4 is 34.1 Å². The number of anilines is 1. The van der Waals surface area contributed by atoms with E-state index < -0.39 is 17.1 Å². The van der Waals surface area contributed by atoms with Crippen LogP contribution in [0.5, 0.6) is 0 Å². The smallest absolute Gasteiger partial charge is 0.300 e. The van der Waals surface area contributed by atoms with Crippen molar-refractivity contribution < 1.29 is 18.0 Å². The summed E-state index contributed by atoms with van der Waals surface area (Å²) in [5, 5.41) is 7.48. The largest absolute Gasteiger partial charge is 0.445 e. The Kier molecular flexibility index (Phi) is 4.58. The van der Waals surface area contributed by atoms with Crippen molar-refractivity contribution in [2.75, 3.05) is 11.1 Å². The summed E-state index contributed by atoms with van der Waals surface area (Å²) in [7, 11) is 0. The van der Waals surface area contributed by atoms with Crippen LogP contribution >= 0.6 is 23.1 Å². The molecule has 9 heteroatoms. The van der Waals surface area contributed by atoms with Gasteiger partial charge in [0.05, 0.1) is 5.75 Å². The molecular formula is C14H12F3N3OS2. The number of amides is 1. The summed E-state index contributed by atoms with van der Waals surface area (Å²) in [6.07, 6.45) is -1.23. The fraction of sp³-hybridized carbons (Fsp3) is 0.357. The van der Waals surface area contributed by atoms with Gasteiger partial charge in [0.15, 0.2) is 0 Å². The Morgan fingerprint density at radius 3 is 2.78 bits per heavy atom. The molecule has 1 heterocycles. The number of alkyl halides is 3. The maximum absolute atomic E-state index is 12.4. The zero-order valence-electron chi connectivity index (χ0n) is 11.8. The third-order valence-corrected chi connectivity index (χ3v) is 5.23. The van der Waals surface area contributed by atoms with Crippen molar-refractivity contribution in [2.45, 2.75) is 30.3 Å². The number of thioether (sulfide) groups is 1. The number of nitrogens with zero attached hydrogens (tertiary/aromatic N) is 2. The fourth-order valence-corrected chi connectivity index (χ4v) is 3.72. The van der Waals surface area contributed by atoms with Crippen molar-refractivity contribution in [1.82, 2.24) is 10.2 Å². The van der Waals surface area contributed by atoms with Crippen molar-refractivity contribution in [3.63, 3.8) is 0 Å². The van der Waals surface area contributed by atoms with Gasteiger partial charge < -0.3 is 0 Å². The molecule has 1 aliphatic carbocycles. The lowest BCUT2D eigenvalue weighted by atomic mass is 10.1. The predicted molar refractivity (Wildman–Crippen MR) is 82.7 cm³/mol. The molecule has 4 nitrogen and oxygen atoms in total. The molecule has 1 aromatic heterocycles. The molecule has 1 amide bonds. The van der Waals surface area contributed by atoms with Gasteiger partial charge >= 0.3 is 6.18 Å². The van der Waals surface area contributed by atoms with Gasteiger partial charge in [-0.3, -0.25) is 10.1 Å². The number of rotatable bonds is 4. The molecule has 23 heavy (non-hydrogen) atoms. The lowest BCUT2D eigenvalue weighted by Crippen LogP contribution is -2.13. The average Bonchev–Trinajstić information content (AvgIpc) is 3.12. The summed E-state index contributed by atoms with van der Waals surface area (Å²) in [5.74, 6) is -0.292. The molecule has 0 atom stereocenters. The highest BCUT2D eigenvalue weighted by Crippen LogP contribution is 2.33. The van der Waals surface area contributed by atoms with Gasteiger partial charge in [-0.05, 0) is 42.5 Å². The maximum atomic E-state index is 12.4. The van der Waals surface area contributed by atoms with Crippen LogP contribution in [-0.2, 0) is 23.8 Å². The SMILES string of the molecule is O=C(CSc1ccc2c(c1)CCC2)Nc1nnc(C(F)(F)F)s1. The lowest BCUT2D eigenvalue weighted by molar-refractivity contribution is -0.138. The van der Waals surface area contributed by atoms with E-state index in [4.69, 9.17) is 0 Å². The summed E-state index contributed by atoms with van der Waals surface area (Å²) in [6, 6.07) is 6.12. The maximum Gasteiger partial charge on any atom is 0.445 e. The Hall–Kier alpha value is -1.61. The molecule has 122 valence electrons. The lowest BCUT2D eigenvalue weighted by Gasteiger charge is -2.04. The number of carbonyl (C=O) groups is 1. The molecule has 0 bridgehead atoms.